The largest absolute Gasteiger partial charge is 0.330 e. The molecule has 0 unspecified atom stereocenters. The van der Waals surface area contributed by atoms with E-state index < -0.39 is 14.6 Å². The van der Waals surface area contributed by atoms with Crippen molar-refractivity contribution < 1.29 is 8.42 Å². The Morgan fingerprint density at radius 1 is 1.12 bits per heavy atom. The molecule has 2 N–H and O–H groups in total. The molecule has 17 heavy (non-hydrogen) atoms. The zero-order valence-electron chi connectivity index (χ0n) is 11.5. The van der Waals surface area contributed by atoms with E-state index in [1.54, 1.807) is 20.8 Å². The maximum absolute atomic E-state index is 12.1. The van der Waals surface area contributed by atoms with Crippen LogP contribution in [0.2, 0.25) is 0 Å². The van der Waals surface area contributed by atoms with Crippen molar-refractivity contribution in [2.75, 3.05) is 12.3 Å². The molecule has 0 atom stereocenters. The van der Waals surface area contributed by atoms with Crippen molar-refractivity contribution >= 4 is 9.84 Å². The Kier molecular flexibility index (Phi) is 4.64. The van der Waals surface area contributed by atoms with Gasteiger partial charge in [-0.05, 0) is 52.0 Å². The Morgan fingerprint density at radius 2 is 1.65 bits per heavy atom. The Hall–Kier alpha value is -0.0900. The van der Waals surface area contributed by atoms with Crippen molar-refractivity contribution in [2.45, 2.75) is 64.0 Å². The molecule has 1 aliphatic carbocycles. The zero-order chi connectivity index (χ0) is 13.2. The van der Waals surface area contributed by atoms with Crippen LogP contribution in [0.15, 0.2) is 0 Å². The topological polar surface area (TPSA) is 60.2 Å². The molecule has 0 aromatic heterocycles. The highest BCUT2D eigenvalue weighted by molar-refractivity contribution is 7.92. The molecule has 0 aliphatic heterocycles. The number of nitrogens with two attached hydrogens (primary N) is 1. The summed E-state index contributed by atoms with van der Waals surface area (Å²) in [6.07, 6.45) is 6.61. The van der Waals surface area contributed by atoms with Gasteiger partial charge in [-0.15, -0.1) is 0 Å². The Morgan fingerprint density at radius 3 is 2.06 bits per heavy atom. The van der Waals surface area contributed by atoms with Gasteiger partial charge in [0.1, 0.15) is 0 Å². The smallest absolute Gasteiger partial charge is 0.155 e. The SMILES string of the molecule is CC(C)(C)S(=O)(=O)CCC1(CN)CCCCC1. The second-order valence-electron chi connectivity index (χ2n) is 6.45. The lowest BCUT2D eigenvalue weighted by Gasteiger charge is -2.37. The average Bonchev–Trinajstić information content (AvgIpc) is 2.26. The van der Waals surface area contributed by atoms with Gasteiger partial charge in [0, 0.05) is 0 Å². The first-order valence-corrected chi connectivity index (χ1v) is 8.30. The van der Waals surface area contributed by atoms with Gasteiger partial charge >= 0.3 is 0 Å². The van der Waals surface area contributed by atoms with E-state index in [9.17, 15) is 8.42 Å². The molecule has 0 heterocycles. The second kappa shape index (κ2) is 5.27. The van der Waals surface area contributed by atoms with Crippen LogP contribution in [0.4, 0.5) is 0 Å². The second-order valence-corrected chi connectivity index (χ2v) is 9.31. The van der Waals surface area contributed by atoms with Gasteiger partial charge in [-0.3, -0.25) is 0 Å². The fourth-order valence-corrected chi connectivity index (χ4v) is 3.83. The molecule has 0 bridgehead atoms. The van der Waals surface area contributed by atoms with Crippen molar-refractivity contribution in [2.24, 2.45) is 11.1 Å². The lowest BCUT2D eigenvalue weighted by molar-refractivity contribution is 0.191. The molecule has 1 saturated carbocycles. The van der Waals surface area contributed by atoms with Crippen LogP contribution in [0.25, 0.3) is 0 Å². The quantitative estimate of drug-likeness (QED) is 0.846. The van der Waals surface area contributed by atoms with E-state index in [0.717, 1.165) is 19.3 Å². The summed E-state index contributed by atoms with van der Waals surface area (Å²) in [5.74, 6) is 0.285. The van der Waals surface area contributed by atoms with Crippen molar-refractivity contribution in [1.29, 1.82) is 0 Å². The third-order valence-corrected chi connectivity index (χ3v) is 6.79. The summed E-state index contributed by atoms with van der Waals surface area (Å²) in [7, 11) is -3.00. The van der Waals surface area contributed by atoms with E-state index in [1.165, 1.54) is 19.3 Å². The van der Waals surface area contributed by atoms with E-state index in [1.807, 2.05) is 0 Å². The summed E-state index contributed by atoms with van der Waals surface area (Å²) in [5.41, 5.74) is 5.98. The predicted octanol–water partition coefficient (Wildman–Crippen LogP) is 2.50. The summed E-state index contributed by atoms with van der Waals surface area (Å²) in [6, 6.07) is 0. The van der Waals surface area contributed by atoms with Crippen LogP contribution < -0.4 is 5.73 Å². The van der Waals surface area contributed by atoms with E-state index in [4.69, 9.17) is 5.73 Å². The highest BCUT2D eigenvalue weighted by Crippen LogP contribution is 2.39. The maximum atomic E-state index is 12.1. The number of rotatable bonds is 4. The normalized spacial score (nSPS) is 21.4. The number of hydrogen-bond donors (Lipinski definition) is 1. The van der Waals surface area contributed by atoms with Crippen molar-refractivity contribution in [3.05, 3.63) is 0 Å². The third kappa shape index (κ3) is 3.68. The van der Waals surface area contributed by atoms with Gasteiger partial charge in [0.15, 0.2) is 9.84 Å². The van der Waals surface area contributed by atoms with Crippen molar-refractivity contribution in [3.8, 4) is 0 Å². The molecule has 0 saturated heterocycles. The fraction of sp³-hybridized carbons (Fsp3) is 1.00. The minimum Gasteiger partial charge on any atom is -0.330 e. The molecule has 1 aliphatic rings. The summed E-state index contributed by atoms with van der Waals surface area (Å²) in [4.78, 5) is 0. The fourth-order valence-electron chi connectivity index (χ4n) is 2.52. The molecular formula is C13H27NO2S. The first kappa shape index (κ1) is 15.0. The molecule has 3 nitrogen and oxygen atoms in total. The maximum Gasteiger partial charge on any atom is 0.155 e. The van der Waals surface area contributed by atoms with E-state index in [2.05, 4.69) is 0 Å². The van der Waals surface area contributed by atoms with Crippen LogP contribution >= 0.6 is 0 Å². The van der Waals surface area contributed by atoms with Crippen LogP contribution in [0.5, 0.6) is 0 Å². The van der Waals surface area contributed by atoms with E-state index >= 15 is 0 Å². The van der Waals surface area contributed by atoms with E-state index in [-0.39, 0.29) is 11.2 Å². The van der Waals surface area contributed by atoms with Crippen LogP contribution in [-0.2, 0) is 9.84 Å². The Balaban J connectivity index is 2.65. The van der Waals surface area contributed by atoms with Gasteiger partial charge in [-0.1, -0.05) is 19.3 Å². The Bertz CT molecular complexity index is 335. The summed E-state index contributed by atoms with van der Waals surface area (Å²) in [6.45, 7) is 5.96. The summed E-state index contributed by atoms with van der Waals surface area (Å²) < 4.78 is 23.6. The van der Waals surface area contributed by atoms with Crippen LogP contribution in [-0.4, -0.2) is 25.5 Å². The molecule has 0 aromatic carbocycles. The molecular weight excluding hydrogens is 234 g/mol. The van der Waals surface area contributed by atoms with Gasteiger partial charge in [0.2, 0.25) is 0 Å². The molecule has 1 rings (SSSR count). The van der Waals surface area contributed by atoms with Gasteiger partial charge < -0.3 is 5.73 Å². The molecule has 102 valence electrons. The molecule has 0 aromatic rings. The Labute approximate surface area is 106 Å². The lowest BCUT2D eigenvalue weighted by atomic mass is 9.72. The first-order valence-electron chi connectivity index (χ1n) is 6.65. The summed E-state index contributed by atoms with van der Waals surface area (Å²) in [5, 5.41) is 0. The van der Waals surface area contributed by atoms with Crippen molar-refractivity contribution in [3.63, 3.8) is 0 Å². The van der Waals surface area contributed by atoms with Gasteiger partial charge in [0.05, 0.1) is 10.5 Å². The third-order valence-electron chi connectivity index (χ3n) is 4.18. The predicted molar refractivity (Wildman–Crippen MR) is 72.7 cm³/mol. The monoisotopic (exact) mass is 261 g/mol. The number of hydrogen-bond acceptors (Lipinski definition) is 3. The van der Waals surface area contributed by atoms with Crippen LogP contribution in [0.1, 0.15) is 59.3 Å². The minimum absolute atomic E-state index is 0.0938. The number of sulfone groups is 1. The molecule has 0 spiro atoms. The standard InChI is InChI=1S/C13H27NO2S/c1-12(2,3)17(15,16)10-9-13(11-14)7-5-4-6-8-13/h4-11,14H2,1-3H3. The van der Waals surface area contributed by atoms with Gasteiger partial charge in [0.25, 0.3) is 0 Å². The average molecular weight is 261 g/mol. The van der Waals surface area contributed by atoms with Crippen LogP contribution in [0, 0.1) is 5.41 Å². The van der Waals surface area contributed by atoms with Gasteiger partial charge in [-0.2, -0.15) is 0 Å². The summed E-state index contributed by atoms with van der Waals surface area (Å²) >= 11 is 0. The molecule has 0 radical (unpaired) electrons. The van der Waals surface area contributed by atoms with Gasteiger partial charge in [-0.25, -0.2) is 8.42 Å². The van der Waals surface area contributed by atoms with E-state index in [0.29, 0.717) is 6.54 Å². The lowest BCUT2D eigenvalue weighted by Crippen LogP contribution is -2.38. The van der Waals surface area contributed by atoms with Crippen LogP contribution in [0.3, 0.4) is 0 Å². The molecule has 4 heteroatoms. The molecule has 0 amide bonds. The highest BCUT2D eigenvalue weighted by atomic mass is 32.2. The zero-order valence-corrected chi connectivity index (χ0v) is 12.3. The first-order chi connectivity index (χ1) is 7.72. The highest BCUT2D eigenvalue weighted by Gasteiger charge is 2.35. The van der Waals surface area contributed by atoms with Crippen molar-refractivity contribution in [1.82, 2.24) is 0 Å². The minimum atomic E-state index is -3.00. The molecule has 1 fully saturated rings.